The second-order valence-electron chi connectivity index (χ2n) is 8.56. The largest absolute Gasteiger partial charge is 0.490 e. The van der Waals surface area contributed by atoms with Crippen LogP contribution in [0.1, 0.15) is 30.7 Å². The first-order valence-electron chi connectivity index (χ1n) is 10.4. The van der Waals surface area contributed by atoms with Crippen LogP contribution in [0, 0.1) is 12.8 Å². The van der Waals surface area contributed by atoms with Gasteiger partial charge in [-0.05, 0) is 38.2 Å². The highest BCUT2D eigenvalue weighted by molar-refractivity contribution is 8.01. The number of halogens is 3. The van der Waals surface area contributed by atoms with E-state index in [1.807, 2.05) is 11.7 Å². The van der Waals surface area contributed by atoms with Gasteiger partial charge in [0.2, 0.25) is 0 Å². The molecule has 3 aliphatic heterocycles. The maximum Gasteiger partial charge on any atom is 0.490 e. The number of rotatable bonds is 5. The highest BCUT2D eigenvalue weighted by Gasteiger charge is 2.49. The Morgan fingerprint density at radius 1 is 1.39 bits per heavy atom. The molecule has 176 valence electrons. The smallest absolute Gasteiger partial charge is 0.475 e. The molecule has 31 heavy (non-hydrogen) atoms. The van der Waals surface area contributed by atoms with Crippen LogP contribution in [0.15, 0.2) is 6.07 Å². The maximum atomic E-state index is 10.6. The van der Waals surface area contributed by atoms with Crippen molar-refractivity contribution in [3.63, 3.8) is 0 Å². The fourth-order valence-electron chi connectivity index (χ4n) is 4.24. The van der Waals surface area contributed by atoms with Gasteiger partial charge in [0, 0.05) is 57.0 Å². The van der Waals surface area contributed by atoms with Crippen molar-refractivity contribution in [1.29, 1.82) is 0 Å². The van der Waals surface area contributed by atoms with Gasteiger partial charge in [-0.25, -0.2) is 4.79 Å². The molecule has 1 aromatic rings. The normalized spacial score (nSPS) is 24.0. The van der Waals surface area contributed by atoms with Gasteiger partial charge in [0.1, 0.15) is 0 Å². The van der Waals surface area contributed by atoms with E-state index in [0.29, 0.717) is 16.8 Å². The average Bonchev–Trinajstić information content (AvgIpc) is 3.23. The van der Waals surface area contributed by atoms with Gasteiger partial charge in [0.25, 0.3) is 0 Å². The van der Waals surface area contributed by atoms with Gasteiger partial charge in [-0.15, -0.1) is 11.8 Å². The number of hydrogen-bond donors (Lipinski definition) is 1. The number of thioether (sulfide) groups is 1. The van der Waals surface area contributed by atoms with Gasteiger partial charge in [-0.3, -0.25) is 9.58 Å². The molecule has 0 radical (unpaired) electrons. The Morgan fingerprint density at radius 2 is 2.03 bits per heavy atom. The molecule has 0 bridgehead atoms. The van der Waals surface area contributed by atoms with Gasteiger partial charge in [-0.2, -0.15) is 18.3 Å². The highest BCUT2D eigenvalue weighted by atomic mass is 32.2. The van der Waals surface area contributed by atoms with Gasteiger partial charge in [0.05, 0.1) is 17.5 Å². The molecule has 3 fully saturated rings. The van der Waals surface area contributed by atoms with E-state index < -0.39 is 12.1 Å². The van der Waals surface area contributed by atoms with Crippen molar-refractivity contribution in [2.45, 2.75) is 49.8 Å². The molecule has 3 aliphatic rings. The Morgan fingerprint density at radius 3 is 2.58 bits per heavy atom. The molecular formula is C20H30F3N3O4S. The van der Waals surface area contributed by atoms with Crippen molar-refractivity contribution in [2.24, 2.45) is 13.0 Å². The summed E-state index contributed by atoms with van der Waals surface area (Å²) < 4.78 is 45.9. The topological polar surface area (TPSA) is 76.8 Å². The summed E-state index contributed by atoms with van der Waals surface area (Å²) in [7, 11) is 2.04. The molecule has 1 aromatic heterocycles. The van der Waals surface area contributed by atoms with Crippen LogP contribution in [0.2, 0.25) is 0 Å². The molecule has 4 heterocycles. The minimum atomic E-state index is -5.08. The molecule has 0 saturated carbocycles. The van der Waals surface area contributed by atoms with E-state index in [-0.39, 0.29) is 0 Å². The summed E-state index contributed by atoms with van der Waals surface area (Å²) in [4.78, 5) is 11.4. The number of nitrogens with zero attached hydrogens (tertiary/aromatic N) is 3. The van der Waals surface area contributed by atoms with Crippen LogP contribution in [0.3, 0.4) is 0 Å². The third kappa shape index (κ3) is 6.84. The summed E-state index contributed by atoms with van der Waals surface area (Å²) in [5.74, 6) is -0.874. The Hall–Kier alpha value is -1.30. The van der Waals surface area contributed by atoms with Gasteiger partial charge < -0.3 is 14.6 Å². The Bertz CT molecular complexity index is 747. The predicted octanol–water partition coefficient (Wildman–Crippen LogP) is 2.86. The fourth-order valence-corrected chi connectivity index (χ4v) is 5.84. The predicted molar refractivity (Wildman–Crippen MR) is 110 cm³/mol. The van der Waals surface area contributed by atoms with Crippen LogP contribution in [-0.4, -0.2) is 81.4 Å². The molecular weight excluding hydrogens is 435 g/mol. The Kier molecular flexibility index (Phi) is 7.93. The molecule has 1 spiro atoms. The third-order valence-electron chi connectivity index (χ3n) is 5.83. The monoisotopic (exact) mass is 465 g/mol. The molecule has 1 atom stereocenters. The fraction of sp³-hybridized carbons (Fsp3) is 0.800. The minimum Gasteiger partial charge on any atom is -0.475 e. The van der Waals surface area contributed by atoms with Crippen molar-refractivity contribution < 1.29 is 32.5 Å². The van der Waals surface area contributed by atoms with Crippen LogP contribution in [0.4, 0.5) is 13.2 Å². The molecule has 3 saturated heterocycles. The standard InChI is InChI=1S/C18H29N3O2S.C2HF3O2/c1-14-7-16(20(2)19-14)9-21-12-18(13-21)8-17(11-24-18)23-10-15-3-5-22-6-4-15;3-2(4,5)1(6)7/h7,15,17H,3-6,8-13H2,1-2H3;(H,6,7). The molecule has 1 N–H and O–H groups in total. The van der Waals surface area contributed by atoms with E-state index in [1.54, 1.807) is 0 Å². The summed E-state index contributed by atoms with van der Waals surface area (Å²) in [5, 5.41) is 11.6. The highest BCUT2D eigenvalue weighted by Crippen LogP contribution is 2.46. The van der Waals surface area contributed by atoms with Crippen molar-refractivity contribution in [3.8, 4) is 0 Å². The second-order valence-corrected chi connectivity index (χ2v) is 10.0. The van der Waals surface area contributed by atoms with Crippen molar-refractivity contribution in [1.82, 2.24) is 14.7 Å². The molecule has 0 aromatic carbocycles. The Labute approximate surface area is 184 Å². The van der Waals surface area contributed by atoms with Crippen LogP contribution in [0.5, 0.6) is 0 Å². The summed E-state index contributed by atoms with van der Waals surface area (Å²) >= 11 is 2.14. The van der Waals surface area contributed by atoms with Crippen LogP contribution in [0.25, 0.3) is 0 Å². The number of carbonyl (C=O) groups is 1. The second kappa shape index (κ2) is 10.1. The number of aromatic nitrogens is 2. The summed E-state index contributed by atoms with van der Waals surface area (Å²) in [5.41, 5.74) is 2.43. The number of alkyl halides is 3. The number of aliphatic carboxylic acids is 1. The number of aryl methyl sites for hydroxylation is 2. The first-order valence-corrected chi connectivity index (χ1v) is 11.4. The molecule has 0 amide bonds. The quantitative estimate of drug-likeness (QED) is 0.717. The summed E-state index contributed by atoms with van der Waals surface area (Å²) in [6, 6.07) is 2.20. The molecule has 11 heteroatoms. The summed E-state index contributed by atoms with van der Waals surface area (Å²) in [6.45, 7) is 8.24. The molecule has 0 aliphatic carbocycles. The molecule has 4 rings (SSSR count). The zero-order valence-corrected chi connectivity index (χ0v) is 18.7. The SMILES string of the molecule is Cc1cc(CN2CC3(CC(OCC4CCOCC4)CS3)C2)n(C)n1.O=C(O)C(F)(F)F. The number of carboxylic acids is 1. The van der Waals surface area contributed by atoms with Crippen molar-refractivity contribution >= 4 is 17.7 Å². The van der Waals surface area contributed by atoms with E-state index in [0.717, 1.165) is 32.1 Å². The number of hydrogen-bond acceptors (Lipinski definition) is 6. The van der Waals surface area contributed by atoms with E-state index in [4.69, 9.17) is 19.4 Å². The lowest BCUT2D eigenvalue weighted by Gasteiger charge is -2.47. The van der Waals surface area contributed by atoms with E-state index in [9.17, 15) is 13.2 Å². The lowest BCUT2D eigenvalue weighted by Crippen LogP contribution is -2.58. The van der Waals surface area contributed by atoms with Crippen LogP contribution < -0.4 is 0 Å². The average molecular weight is 466 g/mol. The van der Waals surface area contributed by atoms with Gasteiger partial charge >= 0.3 is 12.1 Å². The van der Waals surface area contributed by atoms with E-state index in [1.165, 1.54) is 43.8 Å². The Balaban J connectivity index is 0.000000339. The molecule has 1 unspecified atom stereocenters. The van der Waals surface area contributed by atoms with Crippen LogP contribution in [-0.2, 0) is 27.9 Å². The first-order chi connectivity index (χ1) is 14.6. The number of likely N-dealkylation sites (tertiary alicyclic amines) is 1. The maximum absolute atomic E-state index is 10.6. The number of ether oxygens (including phenoxy) is 2. The molecule has 7 nitrogen and oxygen atoms in total. The zero-order chi connectivity index (χ0) is 22.6. The van der Waals surface area contributed by atoms with Crippen molar-refractivity contribution in [3.05, 3.63) is 17.5 Å². The summed E-state index contributed by atoms with van der Waals surface area (Å²) in [6.07, 6.45) is -1.06. The van der Waals surface area contributed by atoms with E-state index in [2.05, 4.69) is 34.8 Å². The lowest BCUT2D eigenvalue weighted by atomic mass is 9.92. The first kappa shape index (κ1) is 24.3. The minimum absolute atomic E-state index is 0.452. The number of carboxylic acid groups (broad SMARTS) is 1. The zero-order valence-electron chi connectivity index (χ0n) is 17.9. The van der Waals surface area contributed by atoms with Crippen molar-refractivity contribution in [2.75, 3.05) is 38.7 Å². The van der Waals surface area contributed by atoms with E-state index >= 15 is 0 Å². The van der Waals surface area contributed by atoms with Gasteiger partial charge in [0.15, 0.2) is 0 Å². The lowest BCUT2D eigenvalue weighted by molar-refractivity contribution is -0.192. The van der Waals surface area contributed by atoms with Crippen LogP contribution >= 0.6 is 11.8 Å². The van der Waals surface area contributed by atoms with Gasteiger partial charge in [-0.1, -0.05) is 0 Å². The third-order valence-corrected chi connectivity index (χ3v) is 7.41.